The summed E-state index contributed by atoms with van der Waals surface area (Å²) in [7, 11) is 0. The van der Waals surface area contributed by atoms with Gasteiger partial charge in [-0.1, -0.05) is 50.1 Å². The molecule has 3 aliphatic rings. The molecular formula is C22H27N3O2. The Morgan fingerprint density at radius 3 is 2.85 bits per heavy atom. The van der Waals surface area contributed by atoms with Crippen molar-refractivity contribution in [3.05, 3.63) is 41.7 Å². The van der Waals surface area contributed by atoms with E-state index in [1.54, 1.807) is 0 Å². The average molecular weight is 365 g/mol. The highest BCUT2D eigenvalue weighted by atomic mass is 16.5. The van der Waals surface area contributed by atoms with Gasteiger partial charge in [-0.15, -0.1) is 0 Å². The summed E-state index contributed by atoms with van der Waals surface area (Å²) in [5.74, 6) is 2.24. The highest BCUT2D eigenvalue weighted by Crippen LogP contribution is 2.40. The Hall–Kier alpha value is -2.14. The second-order valence-electron chi connectivity index (χ2n) is 8.25. The van der Waals surface area contributed by atoms with Gasteiger partial charge in [-0.05, 0) is 24.7 Å². The maximum atomic E-state index is 13.6. The standard InChI is InChI=1S/C22H27N3O2/c1-15-13-25(18-10-6-5-9-17(15)18)22(26)20-19-14-27-12-11-24(19)21(23-20)16-7-3-2-4-8-16/h2-4,7-8,15,17-18H,5-6,9-14H2,1H3. The van der Waals surface area contributed by atoms with Crippen molar-refractivity contribution in [3.63, 3.8) is 0 Å². The van der Waals surface area contributed by atoms with Gasteiger partial charge in [-0.3, -0.25) is 4.79 Å². The Labute approximate surface area is 160 Å². The van der Waals surface area contributed by atoms with Crippen LogP contribution in [0.3, 0.4) is 0 Å². The van der Waals surface area contributed by atoms with E-state index in [0.717, 1.165) is 36.6 Å². The van der Waals surface area contributed by atoms with Crippen LogP contribution in [0.5, 0.6) is 0 Å². The lowest BCUT2D eigenvalue weighted by Gasteiger charge is -2.32. The van der Waals surface area contributed by atoms with Crippen LogP contribution >= 0.6 is 0 Å². The van der Waals surface area contributed by atoms with Crippen LogP contribution in [0.2, 0.25) is 0 Å². The van der Waals surface area contributed by atoms with Crippen molar-refractivity contribution in [2.45, 2.75) is 51.8 Å². The zero-order valence-electron chi connectivity index (χ0n) is 15.9. The minimum absolute atomic E-state index is 0.104. The maximum Gasteiger partial charge on any atom is 0.274 e. The highest BCUT2D eigenvalue weighted by Gasteiger charge is 2.44. The van der Waals surface area contributed by atoms with Crippen LogP contribution in [0.1, 0.15) is 48.8 Å². The molecule has 3 heterocycles. The van der Waals surface area contributed by atoms with Gasteiger partial charge in [0, 0.05) is 24.7 Å². The van der Waals surface area contributed by atoms with Gasteiger partial charge in [-0.25, -0.2) is 4.98 Å². The van der Waals surface area contributed by atoms with E-state index in [-0.39, 0.29) is 5.91 Å². The van der Waals surface area contributed by atoms with Gasteiger partial charge in [-0.2, -0.15) is 0 Å². The molecule has 1 amide bonds. The predicted octanol–water partition coefficient (Wildman–Crippen LogP) is 3.73. The number of rotatable bonds is 2. The number of amides is 1. The number of hydrogen-bond acceptors (Lipinski definition) is 3. The van der Waals surface area contributed by atoms with Gasteiger partial charge in [0.15, 0.2) is 5.69 Å². The molecule has 27 heavy (non-hydrogen) atoms. The number of carbonyl (C=O) groups is 1. The predicted molar refractivity (Wildman–Crippen MR) is 103 cm³/mol. The molecule has 142 valence electrons. The number of carbonyl (C=O) groups excluding carboxylic acids is 1. The number of likely N-dealkylation sites (tertiary alicyclic amines) is 1. The van der Waals surface area contributed by atoms with Gasteiger partial charge in [0.25, 0.3) is 5.91 Å². The Bertz CT molecular complexity index is 845. The van der Waals surface area contributed by atoms with Crippen LogP contribution in [-0.4, -0.2) is 39.6 Å². The first-order valence-electron chi connectivity index (χ1n) is 10.3. The molecule has 0 spiro atoms. The van der Waals surface area contributed by atoms with Crippen molar-refractivity contribution in [2.75, 3.05) is 13.2 Å². The lowest BCUT2D eigenvalue weighted by atomic mass is 9.80. The van der Waals surface area contributed by atoms with Gasteiger partial charge < -0.3 is 14.2 Å². The van der Waals surface area contributed by atoms with Crippen molar-refractivity contribution in [1.82, 2.24) is 14.5 Å². The van der Waals surface area contributed by atoms with Crippen molar-refractivity contribution >= 4 is 5.91 Å². The Kier molecular flexibility index (Phi) is 4.27. The van der Waals surface area contributed by atoms with Crippen molar-refractivity contribution < 1.29 is 9.53 Å². The second-order valence-corrected chi connectivity index (χ2v) is 8.25. The van der Waals surface area contributed by atoms with E-state index in [1.165, 1.54) is 19.3 Å². The van der Waals surface area contributed by atoms with Crippen molar-refractivity contribution in [3.8, 4) is 11.4 Å². The number of benzene rings is 1. The van der Waals surface area contributed by atoms with Crippen LogP contribution in [0, 0.1) is 11.8 Å². The topological polar surface area (TPSA) is 47.4 Å². The zero-order valence-corrected chi connectivity index (χ0v) is 15.9. The SMILES string of the molecule is CC1CN(C(=O)c2nc(-c3ccccc3)n3c2COCC3)C2CCCCC12. The molecule has 1 aliphatic carbocycles. The molecule has 2 aliphatic heterocycles. The number of hydrogen-bond donors (Lipinski definition) is 0. The smallest absolute Gasteiger partial charge is 0.274 e. The molecule has 3 unspecified atom stereocenters. The highest BCUT2D eigenvalue weighted by molar-refractivity contribution is 5.95. The second kappa shape index (κ2) is 6.79. The zero-order chi connectivity index (χ0) is 18.4. The van der Waals surface area contributed by atoms with Crippen LogP contribution in [0.15, 0.2) is 30.3 Å². The van der Waals surface area contributed by atoms with E-state index in [0.29, 0.717) is 36.8 Å². The Balaban J connectivity index is 1.53. The summed E-state index contributed by atoms with van der Waals surface area (Å²) in [4.78, 5) is 20.5. The molecule has 5 nitrogen and oxygen atoms in total. The minimum atomic E-state index is 0.104. The maximum absolute atomic E-state index is 13.6. The number of ether oxygens (including phenoxy) is 1. The summed E-state index contributed by atoms with van der Waals surface area (Å²) >= 11 is 0. The van der Waals surface area contributed by atoms with Gasteiger partial charge in [0.05, 0.1) is 18.9 Å². The monoisotopic (exact) mass is 365 g/mol. The van der Waals surface area contributed by atoms with Crippen molar-refractivity contribution in [2.24, 2.45) is 11.8 Å². The third-order valence-corrected chi connectivity index (χ3v) is 6.66. The van der Waals surface area contributed by atoms with E-state index in [9.17, 15) is 4.79 Å². The molecule has 5 rings (SSSR count). The molecule has 0 N–H and O–H groups in total. The lowest BCUT2D eigenvalue weighted by molar-refractivity contribution is 0.0654. The third kappa shape index (κ3) is 2.80. The molecule has 2 aromatic rings. The molecule has 0 bridgehead atoms. The van der Waals surface area contributed by atoms with Crippen molar-refractivity contribution in [1.29, 1.82) is 0 Å². The molecule has 2 fully saturated rings. The first-order chi connectivity index (χ1) is 13.2. The van der Waals surface area contributed by atoms with E-state index < -0.39 is 0 Å². The minimum Gasteiger partial charge on any atom is -0.373 e. The molecule has 0 radical (unpaired) electrons. The fourth-order valence-corrected chi connectivity index (χ4v) is 5.32. The van der Waals surface area contributed by atoms with E-state index >= 15 is 0 Å². The summed E-state index contributed by atoms with van der Waals surface area (Å²) in [5.41, 5.74) is 2.61. The van der Waals surface area contributed by atoms with E-state index in [1.807, 2.05) is 18.2 Å². The quantitative estimate of drug-likeness (QED) is 0.815. The number of aromatic nitrogens is 2. The van der Waals surface area contributed by atoms with Crippen LogP contribution < -0.4 is 0 Å². The fourth-order valence-electron chi connectivity index (χ4n) is 5.32. The first kappa shape index (κ1) is 17.0. The summed E-state index contributed by atoms with van der Waals surface area (Å²) in [5, 5.41) is 0. The van der Waals surface area contributed by atoms with Gasteiger partial charge in [0.1, 0.15) is 5.82 Å². The fraction of sp³-hybridized carbons (Fsp3) is 0.545. The van der Waals surface area contributed by atoms with E-state index in [2.05, 4.69) is 28.5 Å². The molecule has 1 saturated carbocycles. The Morgan fingerprint density at radius 2 is 2.00 bits per heavy atom. The number of imidazole rings is 1. The molecule has 1 aromatic heterocycles. The summed E-state index contributed by atoms with van der Waals surface area (Å²) in [6.45, 7) is 5.06. The van der Waals surface area contributed by atoms with Crippen LogP contribution in [0.4, 0.5) is 0 Å². The third-order valence-electron chi connectivity index (χ3n) is 6.66. The normalized spacial score (nSPS) is 27.3. The molecule has 1 saturated heterocycles. The summed E-state index contributed by atoms with van der Waals surface area (Å²) in [6, 6.07) is 10.6. The van der Waals surface area contributed by atoms with Gasteiger partial charge in [0.2, 0.25) is 0 Å². The van der Waals surface area contributed by atoms with Gasteiger partial charge >= 0.3 is 0 Å². The molecule has 3 atom stereocenters. The average Bonchev–Trinajstić information content (AvgIpc) is 3.27. The lowest BCUT2D eigenvalue weighted by Crippen LogP contribution is -2.40. The van der Waals surface area contributed by atoms with Crippen LogP contribution in [-0.2, 0) is 17.9 Å². The summed E-state index contributed by atoms with van der Waals surface area (Å²) in [6.07, 6.45) is 4.94. The van der Waals surface area contributed by atoms with E-state index in [4.69, 9.17) is 9.72 Å². The molecular weight excluding hydrogens is 338 g/mol. The number of fused-ring (bicyclic) bond motifs is 2. The summed E-state index contributed by atoms with van der Waals surface area (Å²) < 4.78 is 7.88. The van der Waals surface area contributed by atoms with Crippen LogP contribution in [0.25, 0.3) is 11.4 Å². The Morgan fingerprint density at radius 1 is 1.19 bits per heavy atom. The molecule has 1 aromatic carbocycles. The largest absolute Gasteiger partial charge is 0.373 e. The molecule has 5 heteroatoms. The number of nitrogens with zero attached hydrogens (tertiary/aromatic N) is 3. The first-order valence-corrected chi connectivity index (χ1v) is 10.3.